The molecule has 10 atom stereocenters. The molecule has 2 heterocycles. The van der Waals surface area contributed by atoms with E-state index in [1.165, 1.54) is 21.6 Å². The number of guanidine groups is 1. The zero-order chi connectivity index (χ0) is 70.1. The summed E-state index contributed by atoms with van der Waals surface area (Å²) in [5.41, 5.74) is 40.6. The van der Waals surface area contributed by atoms with Gasteiger partial charge in [-0.15, -0.1) is 0 Å². The minimum Gasteiger partial charge on any atom is -0.370 e. The van der Waals surface area contributed by atoms with Crippen molar-refractivity contribution in [2.45, 2.75) is 183 Å². The van der Waals surface area contributed by atoms with Crippen molar-refractivity contribution in [3.05, 3.63) is 71.8 Å². The molecule has 2 fully saturated rings. The van der Waals surface area contributed by atoms with Crippen LogP contribution in [0, 0.1) is 5.92 Å². The standard InChI is InChI=1S/C63H98N18O13S/c1-37(2)33-45(57(89)74-41(53(68)85)27-32-95-3)73-52(84)36-72-54(86)46(34-38-15-6-4-7-16-38)78-58(90)47(35-39-17-8-5-9-18-39)79-56(88)42(23-25-50(66)82)75-55(87)43(24-26-51(67)83)76-59(91)49-22-14-31-81(49)62(94)44(20-10-11-28-64)77-60(92)48-21-13-30-80(48)61(93)40(65)19-12-29-71-63(69)70/h4-9,15-18,37,40-49H,10-14,19-36,64-65H2,1-3H3,(H2,66,82)(H2,67,83)(H2,68,85)(H,72,86)(H,73,84)(H,74,89)(H,75,87)(H,76,91)(H,77,92)(H,78,90)(H,79,88)(H4,69,70,71)/t40-,41-,42+,43-,44-,45+,46-,47+,48+,49-/m0/s1. The van der Waals surface area contributed by atoms with E-state index in [0.29, 0.717) is 55.4 Å². The van der Waals surface area contributed by atoms with Crippen LogP contribution in [0.3, 0.4) is 0 Å². The summed E-state index contributed by atoms with van der Waals surface area (Å²) in [6, 6.07) is 4.51. The van der Waals surface area contributed by atoms with Gasteiger partial charge < -0.3 is 92.5 Å². The first-order valence-corrected chi connectivity index (χ1v) is 33.6. The Labute approximate surface area is 558 Å². The monoisotopic (exact) mass is 1350 g/mol. The van der Waals surface area contributed by atoms with Crippen molar-refractivity contribution in [1.29, 1.82) is 0 Å². The lowest BCUT2D eigenvalue weighted by molar-refractivity contribution is -0.144. The van der Waals surface area contributed by atoms with Crippen LogP contribution in [-0.2, 0) is 75.2 Å². The van der Waals surface area contributed by atoms with E-state index in [4.69, 9.17) is 40.1 Å². The molecule has 22 N–H and O–H groups in total. The molecule has 0 saturated carbocycles. The predicted octanol–water partition coefficient (Wildman–Crippen LogP) is -3.71. The average molecular weight is 1350 g/mol. The van der Waals surface area contributed by atoms with E-state index in [2.05, 4.69) is 47.5 Å². The first-order chi connectivity index (χ1) is 45.2. The van der Waals surface area contributed by atoms with E-state index in [9.17, 15) is 62.3 Å². The van der Waals surface area contributed by atoms with Crippen LogP contribution in [0.4, 0.5) is 0 Å². The van der Waals surface area contributed by atoms with Gasteiger partial charge in [-0.05, 0) is 119 Å². The lowest BCUT2D eigenvalue weighted by Crippen LogP contribution is -2.60. The van der Waals surface area contributed by atoms with Crippen LogP contribution in [0.5, 0.6) is 0 Å². The smallest absolute Gasteiger partial charge is 0.245 e. The topological polar surface area (TPSA) is 519 Å². The molecule has 2 saturated heterocycles. The van der Waals surface area contributed by atoms with Gasteiger partial charge in [-0.3, -0.25) is 67.3 Å². The highest BCUT2D eigenvalue weighted by Gasteiger charge is 2.42. The van der Waals surface area contributed by atoms with Gasteiger partial charge in [0.2, 0.25) is 76.8 Å². The van der Waals surface area contributed by atoms with Gasteiger partial charge in [-0.25, -0.2) is 0 Å². The molecule has 0 aromatic heterocycles. The van der Waals surface area contributed by atoms with Crippen LogP contribution < -0.4 is 82.7 Å². The van der Waals surface area contributed by atoms with Crippen molar-refractivity contribution in [2.24, 2.45) is 51.0 Å². The molecule has 2 aromatic carbocycles. The lowest BCUT2D eigenvalue weighted by Gasteiger charge is -2.32. The lowest BCUT2D eigenvalue weighted by atomic mass is 10.0. The molecule has 2 aliphatic heterocycles. The summed E-state index contributed by atoms with van der Waals surface area (Å²) < 4.78 is 0. The number of amides is 13. The number of thioether (sulfide) groups is 1. The summed E-state index contributed by atoms with van der Waals surface area (Å²) >= 11 is 1.45. The summed E-state index contributed by atoms with van der Waals surface area (Å²) in [7, 11) is 0. The molecular weight excluding hydrogens is 1250 g/mol. The fourth-order valence-electron chi connectivity index (χ4n) is 11.0. The number of rotatable bonds is 42. The number of carbonyl (C=O) groups is 13. The molecule has 31 nitrogen and oxygen atoms in total. The maximum absolute atomic E-state index is 14.7. The third-order valence-electron chi connectivity index (χ3n) is 16.0. The van der Waals surface area contributed by atoms with Crippen LogP contribution in [0.25, 0.3) is 0 Å². The Morgan fingerprint density at radius 2 is 1.01 bits per heavy atom. The Bertz CT molecular complexity index is 2960. The maximum atomic E-state index is 14.7. The number of nitrogens with two attached hydrogens (primary N) is 7. The molecule has 2 aromatic rings. The molecular formula is C63H98N18O13S. The fourth-order valence-corrected chi connectivity index (χ4v) is 11.5. The number of carbonyl (C=O) groups excluding carboxylic acids is 13. The van der Waals surface area contributed by atoms with E-state index in [1.54, 1.807) is 60.7 Å². The van der Waals surface area contributed by atoms with E-state index < -0.39 is 169 Å². The second-order valence-electron chi connectivity index (χ2n) is 24.1. The van der Waals surface area contributed by atoms with Gasteiger partial charge in [-0.2, -0.15) is 11.8 Å². The molecule has 0 bridgehead atoms. The number of aliphatic imine (C=N–C) groups is 1. The van der Waals surface area contributed by atoms with Crippen LogP contribution >= 0.6 is 11.8 Å². The van der Waals surface area contributed by atoms with Gasteiger partial charge in [0.1, 0.15) is 54.4 Å². The van der Waals surface area contributed by atoms with Crippen LogP contribution in [-0.4, -0.2) is 198 Å². The minimum atomic E-state index is -1.64. The summed E-state index contributed by atoms with van der Waals surface area (Å²) in [4.78, 5) is 185. The SMILES string of the molecule is CSCC[C@H](NC(=O)[C@@H](CC(C)C)NC(=O)CNC(=O)[C@H](Cc1ccccc1)NC(=O)[C@@H](Cc1ccccc1)NC(=O)[C@@H](CCC(N)=O)NC(=O)[C@H](CCC(N)=O)NC(=O)[C@@H]1CCCN1C(=O)[C@H](CCCCN)NC(=O)[C@H]1CCCN1C(=O)[C@@H](N)CCCN=C(N)N)C(N)=O. The summed E-state index contributed by atoms with van der Waals surface area (Å²) in [5.74, 6) is -9.80. The van der Waals surface area contributed by atoms with Crippen molar-refractivity contribution in [3.8, 4) is 0 Å². The van der Waals surface area contributed by atoms with E-state index in [1.807, 2.05) is 20.1 Å². The van der Waals surface area contributed by atoms with Gasteiger partial charge in [0, 0.05) is 45.3 Å². The van der Waals surface area contributed by atoms with Crippen molar-refractivity contribution >= 4 is 94.5 Å². The van der Waals surface area contributed by atoms with Crippen molar-refractivity contribution in [2.75, 3.05) is 44.7 Å². The van der Waals surface area contributed by atoms with Gasteiger partial charge in [0.05, 0.1) is 12.6 Å². The number of nitrogens with zero attached hydrogens (tertiary/aromatic N) is 3. The summed E-state index contributed by atoms with van der Waals surface area (Å²) in [5, 5.41) is 21.1. The molecule has 32 heteroatoms. The fraction of sp³-hybridized carbons (Fsp3) is 0.587. The number of nitrogens with one attached hydrogen (secondary N) is 8. The molecule has 95 heavy (non-hydrogen) atoms. The number of hydrogen-bond donors (Lipinski definition) is 15. The molecule has 0 aliphatic carbocycles. The van der Waals surface area contributed by atoms with Gasteiger partial charge in [-0.1, -0.05) is 74.5 Å². The first-order valence-electron chi connectivity index (χ1n) is 32.2. The van der Waals surface area contributed by atoms with Crippen LogP contribution in [0.15, 0.2) is 65.7 Å². The van der Waals surface area contributed by atoms with Crippen molar-refractivity contribution in [3.63, 3.8) is 0 Å². The molecule has 0 radical (unpaired) electrons. The van der Waals surface area contributed by atoms with E-state index in [0.717, 1.165) is 0 Å². The predicted molar refractivity (Wildman–Crippen MR) is 356 cm³/mol. The van der Waals surface area contributed by atoms with Crippen LogP contribution in [0.2, 0.25) is 0 Å². The third-order valence-corrected chi connectivity index (χ3v) is 16.7. The number of primary amides is 3. The second-order valence-corrected chi connectivity index (χ2v) is 25.1. The van der Waals surface area contributed by atoms with Crippen molar-refractivity contribution in [1.82, 2.24) is 52.3 Å². The Hall–Kier alpha value is -8.91. The van der Waals surface area contributed by atoms with Crippen LogP contribution in [0.1, 0.15) is 121 Å². The summed E-state index contributed by atoms with van der Waals surface area (Å²) in [6.45, 7) is 3.86. The quantitative estimate of drug-likeness (QED) is 0.0173. The Kier molecular flexibility index (Phi) is 33.9. The zero-order valence-corrected chi connectivity index (χ0v) is 55.3. The first kappa shape index (κ1) is 78.5. The Morgan fingerprint density at radius 3 is 1.51 bits per heavy atom. The largest absolute Gasteiger partial charge is 0.370 e. The molecule has 13 amide bonds. The molecule has 4 rings (SSSR count). The Morgan fingerprint density at radius 1 is 0.537 bits per heavy atom. The highest BCUT2D eigenvalue weighted by Crippen LogP contribution is 2.24. The number of benzene rings is 2. The highest BCUT2D eigenvalue weighted by atomic mass is 32.2. The molecule has 524 valence electrons. The van der Waals surface area contributed by atoms with E-state index in [-0.39, 0.29) is 83.0 Å². The molecule has 0 spiro atoms. The van der Waals surface area contributed by atoms with Gasteiger partial charge in [0.25, 0.3) is 0 Å². The molecule has 2 aliphatic rings. The maximum Gasteiger partial charge on any atom is 0.245 e. The number of hydrogen-bond acceptors (Lipinski definition) is 17. The third kappa shape index (κ3) is 27.5. The zero-order valence-electron chi connectivity index (χ0n) is 54.5. The average Bonchev–Trinajstić information content (AvgIpc) is 1.74. The highest BCUT2D eigenvalue weighted by molar-refractivity contribution is 7.98. The number of unbranched alkanes of at least 4 members (excludes halogenated alkanes) is 1. The normalized spacial score (nSPS) is 16.8. The number of likely N-dealkylation sites (tertiary alicyclic amines) is 2. The van der Waals surface area contributed by atoms with Gasteiger partial charge >= 0.3 is 0 Å². The van der Waals surface area contributed by atoms with Crippen molar-refractivity contribution < 1.29 is 62.3 Å². The second kappa shape index (κ2) is 41.0. The minimum absolute atomic E-state index is 0.0736. The van der Waals surface area contributed by atoms with Gasteiger partial charge in [0.15, 0.2) is 5.96 Å². The Balaban J connectivity index is 1.56. The van der Waals surface area contributed by atoms with E-state index >= 15 is 0 Å². The molecule has 0 unspecified atom stereocenters. The summed E-state index contributed by atoms with van der Waals surface area (Å²) in [6.07, 6.45) is 3.12.